The molecule has 0 radical (unpaired) electrons. The molecule has 0 aliphatic heterocycles. The Morgan fingerprint density at radius 1 is 0.457 bits per heavy atom. The van der Waals surface area contributed by atoms with Gasteiger partial charge in [0, 0.05) is 57.2 Å². The fourth-order valence-corrected chi connectivity index (χ4v) is 5.80. The molecule has 2 heteroatoms. The molecule has 2 nitrogen and oxygen atoms in total. The number of fused-ring (bicyclic) bond motifs is 6. The van der Waals surface area contributed by atoms with Gasteiger partial charge in [-0.1, -0.05) is 66.7 Å². The first-order chi connectivity index (χ1) is 17.2. The van der Waals surface area contributed by atoms with Gasteiger partial charge in [-0.3, -0.25) is 0 Å². The number of hydrogen-bond donors (Lipinski definition) is 0. The highest BCUT2D eigenvalue weighted by atomic mass is 15.0. The van der Waals surface area contributed by atoms with Gasteiger partial charge in [-0.25, -0.2) is 0 Å². The van der Waals surface area contributed by atoms with Crippen LogP contribution in [0.3, 0.4) is 0 Å². The zero-order chi connectivity index (χ0) is 23.5. The van der Waals surface area contributed by atoms with Gasteiger partial charge in [-0.2, -0.15) is 0 Å². The molecule has 0 bridgehead atoms. The summed E-state index contributed by atoms with van der Waals surface area (Å²) in [5.74, 6) is 0. The van der Waals surface area contributed by atoms with Gasteiger partial charge in [0.05, 0.1) is 0 Å². The van der Waals surface area contributed by atoms with Gasteiger partial charge in [-0.05, 0) is 71.6 Å². The van der Waals surface area contributed by atoms with Crippen molar-refractivity contribution >= 4 is 43.6 Å². The summed E-state index contributed by atoms with van der Waals surface area (Å²) >= 11 is 0. The summed E-state index contributed by atoms with van der Waals surface area (Å²) in [6, 6.07) is 40.1. The molecule has 2 heterocycles. The van der Waals surface area contributed by atoms with E-state index < -0.39 is 0 Å². The number of rotatable bonds is 3. The van der Waals surface area contributed by atoms with Gasteiger partial charge in [0.2, 0.25) is 0 Å². The third kappa shape index (κ3) is 2.96. The number of aromatic nitrogens is 2. The molecule has 35 heavy (non-hydrogen) atoms. The molecular weight excluding hydrogens is 424 g/mol. The van der Waals surface area contributed by atoms with Crippen LogP contribution in [0.4, 0.5) is 0 Å². The lowest BCUT2D eigenvalue weighted by Gasteiger charge is -2.08. The standard InChI is InChI=1S/C33H26N2/c1-3-35-32-14-7-5-12-27(32)29-21-25(16-18-33(29)35)23-10-8-9-22(19-23)24-15-17-31-28(20-24)26-11-4-6-13-30(26)34(31)2/h4-21H,3H2,1-2H3. The number of aryl methyl sites for hydroxylation is 2. The van der Waals surface area contributed by atoms with Gasteiger partial charge in [-0.15, -0.1) is 0 Å². The highest BCUT2D eigenvalue weighted by molar-refractivity contribution is 6.10. The van der Waals surface area contributed by atoms with Gasteiger partial charge in [0.25, 0.3) is 0 Å². The Kier molecular flexibility index (Phi) is 4.37. The maximum absolute atomic E-state index is 2.41. The second-order valence-corrected chi connectivity index (χ2v) is 9.38. The largest absolute Gasteiger partial charge is 0.344 e. The van der Waals surface area contributed by atoms with Crippen LogP contribution in [-0.2, 0) is 13.6 Å². The lowest BCUT2D eigenvalue weighted by Crippen LogP contribution is -1.92. The summed E-state index contributed by atoms with van der Waals surface area (Å²) < 4.78 is 4.69. The lowest BCUT2D eigenvalue weighted by atomic mass is 9.97. The Bertz CT molecular complexity index is 1900. The summed E-state index contributed by atoms with van der Waals surface area (Å²) in [4.78, 5) is 0. The van der Waals surface area contributed by atoms with Crippen molar-refractivity contribution in [3.63, 3.8) is 0 Å². The van der Waals surface area contributed by atoms with Crippen molar-refractivity contribution in [3.8, 4) is 22.3 Å². The molecule has 0 aliphatic carbocycles. The minimum absolute atomic E-state index is 0.968. The molecule has 7 aromatic rings. The molecule has 168 valence electrons. The topological polar surface area (TPSA) is 9.86 Å². The van der Waals surface area contributed by atoms with Crippen LogP contribution in [0.2, 0.25) is 0 Å². The highest BCUT2D eigenvalue weighted by Gasteiger charge is 2.12. The third-order valence-electron chi connectivity index (χ3n) is 7.53. The molecule has 0 saturated carbocycles. The first-order valence-corrected chi connectivity index (χ1v) is 12.3. The molecule has 0 spiro atoms. The monoisotopic (exact) mass is 450 g/mol. The van der Waals surface area contributed by atoms with Crippen LogP contribution in [0.5, 0.6) is 0 Å². The molecule has 0 fully saturated rings. The quantitative estimate of drug-likeness (QED) is 0.254. The number of hydrogen-bond acceptors (Lipinski definition) is 0. The smallest absolute Gasteiger partial charge is 0.0491 e. The van der Waals surface area contributed by atoms with Crippen molar-refractivity contribution in [1.29, 1.82) is 0 Å². The van der Waals surface area contributed by atoms with E-state index in [2.05, 4.69) is 132 Å². The van der Waals surface area contributed by atoms with Gasteiger partial charge in [0.15, 0.2) is 0 Å². The van der Waals surface area contributed by atoms with Crippen molar-refractivity contribution in [1.82, 2.24) is 9.13 Å². The molecule has 0 amide bonds. The normalized spacial score (nSPS) is 11.8. The van der Waals surface area contributed by atoms with Gasteiger partial charge < -0.3 is 9.13 Å². The predicted octanol–water partition coefficient (Wildman–Crippen LogP) is 8.79. The van der Waals surface area contributed by atoms with Crippen LogP contribution in [-0.4, -0.2) is 9.13 Å². The van der Waals surface area contributed by atoms with E-state index in [4.69, 9.17) is 0 Å². The Hall–Kier alpha value is -4.30. The second-order valence-electron chi connectivity index (χ2n) is 9.38. The molecule has 5 aromatic carbocycles. The van der Waals surface area contributed by atoms with E-state index in [-0.39, 0.29) is 0 Å². The molecule has 0 saturated heterocycles. The Morgan fingerprint density at radius 2 is 0.943 bits per heavy atom. The maximum atomic E-state index is 2.41. The minimum Gasteiger partial charge on any atom is -0.344 e. The fraction of sp³-hybridized carbons (Fsp3) is 0.0909. The second kappa shape index (κ2) is 7.61. The first-order valence-electron chi connectivity index (χ1n) is 12.3. The highest BCUT2D eigenvalue weighted by Crippen LogP contribution is 2.35. The van der Waals surface area contributed by atoms with Gasteiger partial charge in [0.1, 0.15) is 0 Å². The molecule has 0 aliphatic rings. The van der Waals surface area contributed by atoms with E-state index in [9.17, 15) is 0 Å². The molecule has 7 rings (SSSR count). The summed E-state index contributed by atoms with van der Waals surface area (Å²) in [6.07, 6.45) is 0. The molecule has 0 N–H and O–H groups in total. The zero-order valence-corrected chi connectivity index (χ0v) is 20.0. The number of para-hydroxylation sites is 2. The van der Waals surface area contributed by atoms with Crippen LogP contribution < -0.4 is 0 Å². The van der Waals surface area contributed by atoms with Crippen molar-refractivity contribution in [2.45, 2.75) is 13.5 Å². The van der Waals surface area contributed by atoms with Crippen LogP contribution in [0.1, 0.15) is 6.92 Å². The maximum Gasteiger partial charge on any atom is 0.0491 e. The zero-order valence-electron chi connectivity index (χ0n) is 20.0. The SMILES string of the molecule is CCn1c2ccccc2c2cc(-c3cccc(-c4ccc5c(c4)c4ccccc4n5C)c3)ccc21. The predicted molar refractivity (Wildman–Crippen MR) is 150 cm³/mol. The average Bonchev–Trinajstić information content (AvgIpc) is 3.40. The van der Waals surface area contributed by atoms with Gasteiger partial charge >= 0.3 is 0 Å². The van der Waals surface area contributed by atoms with E-state index in [1.54, 1.807) is 0 Å². The van der Waals surface area contributed by atoms with E-state index in [0.717, 1.165) is 6.54 Å². The number of benzene rings is 5. The van der Waals surface area contributed by atoms with Crippen molar-refractivity contribution in [2.75, 3.05) is 0 Å². The van der Waals surface area contributed by atoms with Crippen LogP contribution in [0.15, 0.2) is 109 Å². The Labute approximate surface area is 204 Å². The summed E-state index contributed by atoms with van der Waals surface area (Å²) in [7, 11) is 2.15. The van der Waals surface area contributed by atoms with Crippen molar-refractivity contribution < 1.29 is 0 Å². The minimum atomic E-state index is 0.968. The van der Waals surface area contributed by atoms with E-state index >= 15 is 0 Å². The van der Waals surface area contributed by atoms with Crippen LogP contribution in [0.25, 0.3) is 65.9 Å². The lowest BCUT2D eigenvalue weighted by molar-refractivity contribution is 0.827. The molecular formula is C33H26N2. The average molecular weight is 451 g/mol. The Balaban J connectivity index is 1.38. The van der Waals surface area contributed by atoms with E-state index in [1.807, 2.05) is 0 Å². The van der Waals surface area contributed by atoms with Crippen LogP contribution in [0, 0.1) is 0 Å². The molecule has 0 atom stereocenters. The molecule has 0 unspecified atom stereocenters. The summed E-state index contributed by atoms with van der Waals surface area (Å²) in [6.45, 7) is 3.19. The first kappa shape index (κ1) is 20.1. The third-order valence-corrected chi connectivity index (χ3v) is 7.53. The summed E-state index contributed by atoms with van der Waals surface area (Å²) in [5, 5.41) is 5.26. The fourth-order valence-electron chi connectivity index (χ4n) is 5.80. The summed E-state index contributed by atoms with van der Waals surface area (Å²) in [5.41, 5.74) is 10.1. The van der Waals surface area contributed by atoms with Crippen molar-refractivity contribution in [3.05, 3.63) is 109 Å². The van der Waals surface area contributed by atoms with Crippen molar-refractivity contribution in [2.24, 2.45) is 7.05 Å². The van der Waals surface area contributed by atoms with E-state index in [1.165, 1.54) is 65.9 Å². The van der Waals surface area contributed by atoms with Crippen LogP contribution >= 0.6 is 0 Å². The molecule has 2 aromatic heterocycles. The number of nitrogens with zero attached hydrogens (tertiary/aromatic N) is 2. The Morgan fingerprint density at radius 3 is 1.63 bits per heavy atom. The van der Waals surface area contributed by atoms with E-state index in [0.29, 0.717) is 0 Å².